The summed E-state index contributed by atoms with van der Waals surface area (Å²) in [6.07, 6.45) is 2.86. The average molecular weight is 390 g/mol. The summed E-state index contributed by atoms with van der Waals surface area (Å²) in [6.45, 7) is 3.82. The Bertz CT molecular complexity index is 664. The molecule has 1 aliphatic rings. The zero-order chi connectivity index (χ0) is 17.7. The zero-order valence-electron chi connectivity index (χ0n) is 15.1. The van der Waals surface area contributed by atoms with Gasteiger partial charge in [-0.25, -0.2) is 8.42 Å². The molecule has 1 aromatic rings. The van der Waals surface area contributed by atoms with Gasteiger partial charge in [-0.15, -0.1) is 12.4 Å². The Labute approximate surface area is 157 Å². The predicted octanol–water partition coefficient (Wildman–Crippen LogP) is 1.96. The van der Waals surface area contributed by atoms with E-state index >= 15 is 0 Å². The highest BCUT2D eigenvalue weighted by atomic mass is 35.5. The maximum absolute atomic E-state index is 12.8. The van der Waals surface area contributed by atoms with Gasteiger partial charge in [0.2, 0.25) is 10.0 Å². The lowest BCUT2D eigenvalue weighted by Gasteiger charge is -2.32. The predicted molar refractivity (Wildman–Crippen MR) is 102 cm³/mol. The third-order valence-corrected chi connectivity index (χ3v) is 6.52. The van der Waals surface area contributed by atoms with Crippen LogP contribution in [0.3, 0.4) is 0 Å². The molecule has 1 unspecified atom stereocenters. The minimum atomic E-state index is -3.49. The highest BCUT2D eigenvalue weighted by molar-refractivity contribution is 7.89. The summed E-state index contributed by atoms with van der Waals surface area (Å²) < 4.78 is 27.1. The number of likely N-dealkylation sites (N-methyl/N-ethyl adjacent to an activating group) is 2. The molecular weight excluding hydrogens is 362 g/mol. The number of sulfonamides is 1. The number of halogens is 1. The minimum absolute atomic E-state index is 0. The quantitative estimate of drug-likeness (QED) is 0.807. The van der Waals surface area contributed by atoms with Crippen LogP contribution in [0.4, 0.5) is 0 Å². The van der Waals surface area contributed by atoms with Gasteiger partial charge in [-0.2, -0.15) is 4.31 Å². The number of hydrogen-bond acceptors (Lipinski definition) is 4. The summed E-state index contributed by atoms with van der Waals surface area (Å²) >= 11 is 0. The van der Waals surface area contributed by atoms with Crippen LogP contribution >= 0.6 is 12.4 Å². The van der Waals surface area contributed by atoms with Crippen molar-refractivity contribution in [1.82, 2.24) is 14.5 Å². The Hall–Kier alpha value is -1.15. The summed E-state index contributed by atoms with van der Waals surface area (Å²) in [5.41, 5.74) is 0.499. The number of rotatable bonds is 6. The second kappa shape index (κ2) is 9.52. The van der Waals surface area contributed by atoms with Crippen molar-refractivity contribution in [2.24, 2.45) is 0 Å². The number of nitrogens with one attached hydrogen (secondary N) is 1. The molecule has 8 heteroatoms. The Balaban J connectivity index is 0.00000312. The third kappa shape index (κ3) is 5.17. The highest BCUT2D eigenvalue weighted by Crippen LogP contribution is 2.25. The first-order chi connectivity index (χ1) is 11.4. The normalized spacial score (nSPS) is 18.4. The van der Waals surface area contributed by atoms with Crippen molar-refractivity contribution in [2.75, 3.05) is 33.7 Å². The first-order valence-electron chi connectivity index (χ1n) is 8.40. The lowest BCUT2D eigenvalue weighted by Crippen LogP contribution is -2.41. The smallest absolute Gasteiger partial charge is 0.253 e. The first-order valence-corrected chi connectivity index (χ1v) is 9.84. The summed E-state index contributed by atoms with van der Waals surface area (Å²) in [6, 6.07) is 6.29. The molecule has 1 atom stereocenters. The summed E-state index contributed by atoms with van der Waals surface area (Å²) in [4.78, 5) is 14.2. The fraction of sp³-hybridized carbons (Fsp3) is 0.588. The molecule has 1 aliphatic heterocycles. The van der Waals surface area contributed by atoms with Gasteiger partial charge in [0, 0.05) is 38.3 Å². The monoisotopic (exact) mass is 389 g/mol. The van der Waals surface area contributed by atoms with Crippen LogP contribution in [-0.2, 0) is 10.0 Å². The van der Waals surface area contributed by atoms with Crippen LogP contribution in [-0.4, -0.2) is 63.3 Å². The molecule has 0 aromatic heterocycles. The van der Waals surface area contributed by atoms with Gasteiger partial charge in [-0.3, -0.25) is 4.79 Å². The molecular formula is C17H28ClN3O3S. The number of amides is 1. The van der Waals surface area contributed by atoms with Gasteiger partial charge in [0.15, 0.2) is 0 Å². The van der Waals surface area contributed by atoms with Crippen molar-refractivity contribution in [1.29, 1.82) is 0 Å². The average Bonchev–Trinajstić information content (AvgIpc) is 2.59. The van der Waals surface area contributed by atoms with E-state index in [0.29, 0.717) is 25.2 Å². The molecule has 0 bridgehead atoms. The Kier molecular flexibility index (Phi) is 8.34. The third-order valence-electron chi connectivity index (χ3n) is 4.49. The zero-order valence-corrected chi connectivity index (χ0v) is 16.7. The SMILES string of the molecule is CNCCN(C)C(=O)c1ccc(S(=O)(=O)N2CCCCC2C)cc1.Cl. The van der Waals surface area contributed by atoms with Crippen LogP contribution < -0.4 is 5.32 Å². The van der Waals surface area contributed by atoms with Crippen LogP contribution in [0, 0.1) is 0 Å². The van der Waals surface area contributed by atoms with E-state index in [1.165, 1.54) is 12.1 Å². The highest BCUT2D eigenvalue weighted by Gasteiger charge is 2.30. The van der Waals surface area contributed by atoms with Gasteiger partial charge >= 0.3 is 0 Å². The molecule has 1 saturated heterocycles. The second-order valence-electron chi connectivity index (χ2n) is 6.32. The van der Waals surface area contributed by atoms with E-state index in [-0.39, 0.29) is 29.3 Å². The number of benzene rings is 1. The number of carbonyl (C=O) groups excluding carboxylic acids is 1. The van der Waals surface area contributed by atoms with Crippen molar-refractivity contribution in [3.8, 4) is 0 Å². The van der Waals surface area contributed by atoms with Crippen LogP contribution in [0.5, 0.6) is 0 Å². The molecule has 6 nitrogen and oxygen atoms in total. The summed E-state index contributed by atoms with van der Waals surface area (Å²) in [7, 11) is 0.0791. The molecule has 142 valence electrons. The molecule has 0 aliphatic carbocycles. The topological polar surface area (TPSA) is 69.7 Å². The minimum Gasteiger partial charge on any atom is -0.340 e. The molecule has 1 amide bonds. The van der Waals surface area contributed by atoms with Gasteiger partial charge in [0.1, 0.15) is 0 Å². The molecule has 1 N–H and O–H groups in total. The Morgan fingerprint density at radius 3 is 2.48 bits per heavy atom. The van der Waals surface area contributed by atoms with Crippen molar-refractivity contribution >= 4 is 28.3 Å². The standard InChI is InChI=1S/C17H27N3O3S.ClH/c1-14-6-4-5-12-20(14)24(22,23)16-9-7-15(8-10-16)17(21)19(3)13-11-18-2;/h7-10,14,18H,4-6,11-13H2,1-3H3;1H. The van der Waals surface area contributed by atoms with Crippen LogP contribution in [0.25, 0.3) is 0 Å². The summed E-state index contributed by atoms with van der Waals surface area (Å²) in [5.74, 6) is -0.111. The number of hydrogen-bond donors (Lipinski definition) is 1. The molecule has 0 radical (unpaired) electrons. The van der Waals surface area contributed by atoms with Crippen molar-refractivity contribution in [3.05, 3.63) is 29.8 Å². The van der Waals surface area contributed by atoms with Gasteiger partial charge in [-0.1, -0.05) is 6.42 Å². The van der Waals surface area contributed by atoms with Crippen LogP contribution in [0.15, 0.2) is 29.2 Å². The fourth-order valence-electron chi connectivity index (χ4n) is 2.94. The second-order valence-corrected chi connectivity index (χ2v) is 8.21. The van der Waals surface area contributed by atoms with Crippen molar-refractivity contribution in [2.45, 2.75) is 37.1 Å². The van der Waals surface area contributed by atoms with Crippen molar-refractivity contribution in [3.63, 3.8) is 0 Å². The summed E-state index contributed by atoms with van der Waals surface area (Å²) in [5, 5.41) is 3.00. The number of piperidine rings is 1. The Morgan fingerprint density at radius 2 is 1.92 bits per heavy atom. The van der Waals surface area contributed by atoms with E-state index < -0.39 is 10.0 Å². The molecule has 0 spiro atoms. The van der Waals surface area contributed by atoms with Crippen LogP contribution in [0.1, 0.15) is 36.5 Å². The molecule has 1 fully saturated rings. The Morgan fingerprint density at radius 1 is 1.28 bits per heavy atom. The van der Waals surface area contributed by atoms with Gasteiger partial charge in [0.05, 0.1) is 4.90 Å². The molecule has 1 heterocycles. The van der Waals surface area contributed by atoms with E-state index in [4.69, 9.17) is 0 Å². The molecule has 0 saturated carbocycles. The van der Waals surface area contributed by atoms with E-state index in [2.05, 4.69) is 5.32 Å². The maximum Gasteiger partial charge on any atom is 0.253 e. The maximum atomic E-state index is 12.8. The van der Waals surface area contributed by atoms with Gasteiger partial charge in [-0.05, 0) is 51.1 Å². The van der Waals surface area contributed by atoms with E-state index in [1.54, 1.807) is 28.4 Å². The van der Waals surface area contributed by atoms with Crippen LogP contribution in [0.2, 0.25) is 0 Å². The number of carbonyl (C=O) groups is 1. The van der Waals surface area contributed by atoms with E-state index in [9.17, 15) is 13.2 Å². The lowest BCUT2D eigenvalue weighted by atomic mass is 10.1. The molecule has 2 rings (SSSR count). The fourth-order valence-corrected chi connectivity index (χ4v) is 4.63. The molecule has 25 heavy (non-hydrogen) atoms. The lowest BCUT2D eigenvalue weighted by molar-refractivity contribution is 0.0796. The number of nitrogens with zero attached hydrogens (tertiary/aromatic N) is 2. The largest absolute Gasteiger partial charge is 0.340 e. The van der Waals surface area contributed by atoms with E-state index in [1.807, 2.05) is 14.0 Å². The van der Waals surface area contributed by atoms with Gasteiger partial charge in [0.25, 0.3) is 5.91 Å². The van der Waals surface area contributed by atoms with Gasteiger partial charge < -0.3 is 10.2 Å². The van der Waals surface area contributed by atoms with E-state index in [0.717, 1.165) is 19.3 Å². The first kappa shape index (κ1) is 21.9. The molecule has 1 aromatic carbocycles. The van der Waals surface area contributed by atoms with Crippen molar-refractivity contribution < 1.29 is 13.2 Å².